The molecule has 1 aliphatic rings. The minimum absolute atomic E-state index is 0.208. The highest BCUT2D eigenvalue weighted by Gasteiger charge is 2.39. The molecular weight excluding hydrogens is 342 g/mol. The van der Waals surface area contributed by atoms with E-state index in [0.29, 0.717) is 32.1 Å². The van der Waals surface area contributed by atoms with Gasteiger partial charge in [0, 0.05) is 12.5 Å². The van der Waals surface area contributed by atoms with Crippen LogP contribution in [0.2, 0.25) is 0 Å². The van der Waals surface area contributed by atoms with E-state index in [0.717, 1.165) is 12.0 Å². The number of carbonyl (C=O) groups is 1. The van der Waals surface area contributed by atoms with E-state index < -0.39 is 5.60 Å². The van der Waals surface area contributed by atoms with Gasteiger partial charge in [0.05, 0.1) is 19.3 Å². The summed E-state index contributed by atoms with van der Waals surface area (Å²) in [7, 11) is 0. The fourth-order valence-corrected chi connectivity index (χ4v) is 3.04. The van der Waals surface area contributed by atoms with E-state index in [1.165, 1.54) is 0 Å². The van der Waals surface area contributed by atoms with Crippen LogP contribution in [-0.2, 0) is 20.8 Å². The Morgan fingerprint density at radius 3 is 2.63 bits per heavy atom. The van der Waals surface area contributed by atoms with Crippen LogP contribution in [0.5, 0.6) is 0 Å². The summed E-state index contributed by atoms with van der Waals surface area (Å²) in [5.41, 5.74) is 0.511. The van der Waals surface area contributed by atoms with Gasteiger partial charge >= 0.3 is 6.09 Å². The molecule has 2 rings (SSSR count). The molecule has 0 spiro atoms. The Hall–Kier alpha value is -2.27. The van der Waals surface area contributed by atoms with Crippen molar-refractivity contribution in [2.24, 2.45) is 5.92 Å². The van der Waals surface area contributed by atoms with E-state index in [1.54, 1.807) is 11.0 Å². The predicted molar refractivity (Wildman–Crippen MR) is 106 cm³/mol. The Balaban J connectivity index is 2.02. The maximum atomic E-state index is 12.7. The number of amides is 1. The molecule has 1 heterocycles. The SMILES string of the molecule is C=CCOC[C@H]1C[C@@H](C(=C)OCc2ccccc2)N(C(=O)OC(C)(C)C)C1. The van der Waals surface area contributed by atoms with Crippen molar-refractivity contribution < 1.29 is 19.0 Å². The normalized spacial score (nSPS) is 19.6. The number of rotatable bonds is 8. The van der Waals surface area contributed by atoms with Gasteiger partial charge in [-0.05, 0) is 32.8 Å². The number of benzene rings is 1. The molecule has 27 heavy (non-hydrogen) atoms. The van der Waals surface area contributed by atoms with Gasteiger partial charge < -0.3 is 14.2 Å². The molecule has 0 unspecified atom stereocenters. The van der Waals surface area contributed by atoms with Gasteiger partial charge in [0.1, 0.15) is 18.0 Å². The van der Waals surface area contributed by atoms with Crippen LogP contribution >= 0.6 is 0 Å². The van der Waals surface area contributed by atoms with Crippen molar-refractivity contribution in [3.8, 4) is 0 Å². The summed E-state index contributed by atoms with van der Waals surface area (Å²) in [6.07, 6.45) is 2.12. The lowest BCUT2D eigenvalue weighted by Gasteiger charge is -2.29. The van der Waals surface area contributed by atoms with Gasteiger partial charge in [-0.25, -0.2) is 4.79 Å². The molecule has 0 aliphatic carbocycles. The second kappa shape index (κ2) is 9.60. The number of hydrogen-bond donors (Lipinski definition) is 0. The Kier molecular flexibility index (Phi) is 7.48. The van der Waals surface area contributed by atoms with Crippen molar-refractivity contribution in [2.75, 3.05) is 19.8 Å². The van der Waals surface area contributed by atoms with Gasteiger partial charge in [-0.2, -0.15) is 0 Å². The molecule has 5 heteroatoms. The minimum atomic E-state index is -0.550. The van der Waals surface area contributed by atoms with E-state index in [4.69, 9.17) is 14.2 Å². The molecule has 1 amide bonds. The maximum Gasteiger partial charge on any atom is 0.410 e. The van der Waals surface area contributed by atoms with Crippen molar-refractivity contribution in [3.63, 3.8) is 0 Å². The number of nitrogens with zero attached hydrogens (tertiary/aromatic N) is 1. The van der Waals surface area contributed by atoms with Gasteiger partial charge in [-0.15, -0.1) is 6.58 Å². The summed E-state index contributed by atoms with van der Waals surface area (Å²) in [5.74, 6) is 0.787. The van der Waals surface area contributed by atoms with Crippen molar-refractivity contribution in [3.05, 3.63) is 60.9 Å². The van der Waals surface area contributed by atoms with Crippen LogP contribution in [0.1, 0.15) is 32.8 Å². The zero-order chi connectivity index (χ0) is 19.9. The maximum absolute atomic E-state index is 12.7. The van der Waals surface area contributed by atoms with Gasteiger partial charge in [0.25, 0.3) is 0 Å². The summed E-state index contributed by atoms with van der Waals surface area (Å²) >= 11 is 0. The van der Waals surface area contributed by atoms with Crippen LogP contribution in [0, 0.1) is 5.92 Å². The Bertz CT molecular complexity index is 635. The molecule has 1 saturated heterocycles. The van der Waals surface area contributed by atoms with Crippen molar-refractivity contribution in [1.82, 2.24) is 4.90 Å². The zero-order valence-electron chi connectivity index (χ0n) is 16.6. The first-order valence-electron chi connectivity index (χ1n) is 9.34. The van der Waals surface area contributed by atoms with E-state index in [2.05, 4.69) is 13.2 Å². The summed E-state index contributed by atoms with van der Waals surface area (Å²) in [6.45, 7) is 15.4. The fourth-order valence-electron chi connectivity index (χ4n) is 3.04. The summed E-state index contributed by atoms with van der Waals surface area (Å²) in [6, 6.07) is 9.68. The molecule has 1 fully saturated rings. The zero-order valence-corrected chi connectivity index (χ0v) is 16.6. The predicted octanol–water partition coefficient (Wildman–Crippen LogP) is 4.55. The van der Waals surface area contributed by atoms with Crippen LogP contribution in [0.15, 0.2) is 55.3 Å². The lowest BCUT2D eigenvalue weighted by Crippen LogP contribution is -2.41. The molecule has 1 aliphatic heterocycles. The van der Waals surface area contributed by atoms with E-state index >= 15 is 0 Å². The molecule has 1 aromatic carbocycles. The molecule has 1 aromatic rings. The monoisotopic (exact) mass is 373 g/mol. The van der Waals surface area contributed by atoms with Crippen LogP contribution < -0.4 is 0 Å². The average molecular weight is 373 g/mol. The third-order valence-corrected chi connectivity index (χ3v) is 4.24. The lowest BCUT2D eigenvalue weighted by atomic mass is 10.1. The quantitative estimate of drug-likeness (QED) is 0.381. The van der Waals surface area contributed by atoms with Gasteiger partial charge in [0.2, 0.25) is 0 Å². The van der Waals surface area contributed by atoms with Gasteiger partial charge in [-0.3, -0.25) is 4.90 Å². The molecule has 2 atom stereocenters. The highest BCUT2D eigenvalue weighted by molar-refractivity contribution is 5.69. The third-order valence-electron chi connectivity index (χ3n) is 4.24. The largest absolute Gasteiger partial charge is 0.492 e. The molecule has 5 nitrogen and oxygen atoms in total. The van der Waals surface area contributed by atoms with Crippen molar-refractivity contribution in [1.29, 1.82) is 0 Å². The number of ether oxygens (including phenoxy) is 3. The standard InChI is InChI=1S/C22H31NO4/c1-6-12-25-15-19-13-20(23(14-19)21(24)27-22(3,4)5)17(2)26-16-18-10-8-7-9-11-18/h6-11,19-20H,1-2,12-16H2,3-5H3/t19-,20-/m0/s1. The van der Waals surface area contributed by atoms with E-state index in [9.17, 15) is 4.79 Å². The van der Waals surface area contributed by atoms with E-state index in [-0.39, 0.29) is 18.1 Å². The Labute approximate surface area is 162 Å². The third kappa shape index (κ3) is 6.75. The summed E-state index contributed by atoms with van der Waals surface area (Å²) in [4.78, 5) is 14.4. The molecule has 148 valence electrons. The Morgan fingerprint density at radius 1 is 1.30 bits per heavy atom. The molecule has 0 aromatic heterocycles. The highest BCUT2D eigenvalue weighted by atomic mass is 16.6. The Morgan fingerprint density at radius 2 is 2.00 bits per heavy atom. The molecule has 0 bridgehead atoms. The first-order chi connectivity index (χ1) is 12.8. The second-order valence-electron chi connectivity index (χ2n) is 7.82. The van der Waals surface area contributed by atoms with Crippen molar-refractivity contribution >= 4 is 6.09 Å². The molecule has 0 radical (unpaired) electrons. The second-order valence-corrected chi connectivity index (χ2v) is 7.82. The number of hydrogen-bond acceptors (Lipinski definition) is 4. The highest BCUT2D eigenvalue weighted by Crippen LogP contribution is 2.30. The van der Waals surface area contributed by atoms with Gasteiger partial charge in [-0.1, -0.05) is 43.0 Å². The summed E-state index contributed by atoms with van der Waals surface area (Å²) in [5, 5.41) is 0. The smallest absolute Gasteiger partial charge is 0.410 e. The fraction of sp³-hybridized carbons (Fsp3) is 0.500. The van der Waals surface area contributed by atoms with Gasteiger partial charge in [0.15, 0.2) is 0 Å². The van der Waals surface area contributed by atoms with Crippen molar-refractivity contribution in [2.45, 2.75) is 45.4 Å². The van der Waals surface area contributed by atoms with Crippen LogP contribution in [-0.4, -0.2) is 42.4 Å². The molecule has 0 N–H and O–H groups in total. The van der Waals surface area contributed by atoms with Crippen LogP contribution in [0.3, 0.4) is 0 Å². The molecule has 0 saturated carbocycles. The average Bonchev–Trinajstić information content (AvgIpc) is 3.04. The number of likely N-dealkylation sites (tertiary alicyclic amines) is 1. The molecular formula is C22H31NO4. The van der Waals surface area contributed by atoms with Crippen LogP contribution in [0.4, 0.5) is 4.79 Å². The minimum Gasteiger partial charge on any atom is -0.492 e. The lowest BCUT2D eigenvalue weighted by molar-refractivity contribution is 0.0186. The van der Waals surface area contributed by atoms with E-state index in [1.807, 2.05) is 51.1 Å². The number of carbonyl (C=O) groups excluding carboxylic acids is 1. The van der Waals surface area contributed by atoms with Crippen LogP contribution in [0.25, 0.3) is 0 Å². The topological polar surface area (TPSA) is 48.0 Å². The summed E-state index contributed by atoms with van der Waals surface area (Å²) < 4.78 is 17.1. The first-order valence-corrected chi connectivity index (χ1v) is 9.34. The first kappa shape index (κ1) is 21.0.